The zero-order valence-electron chi connectivity index (χ0n) is 16.8. The summed E-state index contributed by atoms with van der Waals surface area (Å²) in [4.78, 5) is 9.47. The first kappa shape index (κ1) is 20.2. The smallest absolute Gasteiger partial charge is 0.128 e. The van der Waals surface area contributed by atoms with Crippen LogP contribution in [0.2, 0.25) is 0 Å². The number of pyridine rings is 1. The van der Waals surface area contributed by atoms with Crippen molar-refractivity contribution < 1.29 is 4.74 Å². The van der Waals surface area contributed by atoms with E-state index >= 15 is 0 Å². The molecule has 0 bridgehead atoms. The summed E-state index contributed by atoms with van der Waals surface area (Å²) in [6.07, 6.45) is 7.72. The van der Waals surface area contributed by atoms with Crippen molar-refractivity contribution in [3.8, 4) is 0 Å². The average molecular weight is 348 g/mol. The molecule has 0 N–H and O–H groups in total. The SMILES string of the molecule is CC.CC(C)OC1CC(N(C)CC2CCN(c3ccccn3)CC2)C1. The van der Waals surface area contributed by atoms with Crippen molar-refractivity contribution in [2.75, 3.05) is 31.6 Å². The Morgan fingerprint density at radius 3 is 2.44 bits per heavy atom. The van der Waals surface area contributed by atoms with Gasteiger partial charge in [-0.3, -0.25) is 0 Å². The maximum Gasteiger partial charge on any atom is 0.128 e. The van der Waals surface area contributed by atoms with Crippen LogP contribution in [-0.4, -0.2) is 54.8 Å². The largest absolute Gasteiger partial charge is 0.375 e. The molecular weight excluding hydrogens is 310 g/mol. The van der Waals surface area contributed by atoms with Crippen molar-refractivity contribution in [3.63, 3.8) is 0 Å². The number of nitrogens with zero attached hydrogens (tertiary/aromatic N) is 3. The van der Waals surface area contributed by atoms with E-state index in [0.29, 0.717) is 12.2 Å². The number of aromatic nitrogens is 1. The molecule has 142 valence electrons. The summed E-state index contributed by atoms with van der Waals surface area (Å²) >= 11 is 0. The second-order valence-corrected chi connectivity index (χ2v) is 7.49. The number of piperidine rings is 1. The number of anilines is 1. The predicted molar refractivity (Wildman–Crippen MR) is 106 cm³/mol. The summed E-state index contributed by atoms with van der Waals surface area (Å²) in [6, 6.07) is 6.91. The highest BCUT2D eigenvalue weighted by molar-refractivity contribution is 5.37. The third-order valence-electron chi connectivity index (χ3n) is 5.29. The molecule has 2 heterocycles. The molecular formula is C21H37N3O. The van der Waals surface area contributed by atoms with Crippen molar-refractivity contribution in [3.05, 3.63) is 24.4 Å². The summed E-state index contributed by atoms with van der Waals surface area (Å²) in [7, 11) is 2.29. The summed E-state index contributed by atoms with van der Waals surface area (Å²) in [5, 5.41) is 0. The molecule has 1 aromatic rings. The van der Waals surface area contributed by atoms with Crippen molar-refractivity contribution in [2.45, 2.75) is 71.6 Å². The summed E-state index contributed by atoms with van der Waals surface area (Å²) < 4.78 is 5.88. The molecule has 0 amide bonds. The van der Waals surface area contributed by atoms with E-state index in [0.717, 1.165) is 30.9 Å². The molecule has 1 saturated carbocycles. The Morgan fingerprint density at radius 2 is 1.88 bits per heavy atom. The summed E-state index contributed by atoms with van der Waals surface area (Å²) in [5.41, 5.74) is 0. The molecule has 0 unspecified atom stereocenters. The van der Waals surface area contributed by atoms with E-state index in [2.05, 4.69) is 47.8 Å². The van der Waals surface area contributed by atoms with Crippen LogP contribution in [-0.2, 0) is 4.74 Å². The second-order valence-electron chi connectivity index (χ2n) is 7.49. The Hall–Kier alpha value is -1.13. The number of ether oxygens (including phenoxy) is 1. The maximum atomic E-state index is 5.88. The molecule has 0 aromatic carbocycles. The topological polar surface area (TPSA) is 28.6 Å². The van der Waals surface area contributed by atoms with Crippen LogP contribution in [0.15, 0.2) is 24.4 Å². The van der Waals surface area contributed by atoms with Crippen molar-refractivity contribution in [1.29, 1.82) is 0 Å². The highest BCUT2D eigenvalue weighted by Crippen LogP contribution is 2.30. The Labute approximate surface area is 154 Å². The van der Waals surface area contributed by atoms with Crippen LogP contribution in [0.25, 0.3) is 0 Å². The van der Waals surface area contributed by atoms with Gasteiger partial charge in [0.1, 0.15) is 5.82 Å². The zero-order chi connectivity index (χ0) is 18.2. The molecule has 1 aromatic heterocycles. The van der Waals surface area contributed by atoms with Crippen molar-refractivity contribution in [2.24, 2.45) is 5.92 Å². The summed E-state index contributed by atoms with van der Waals surface area (Å²) in [5.74, 6) is 1.96. The van der Waals surface area contributed by atoms with E-state index in [9.17, 15) is 0 Å². The van der Waals surface area contributed by atoms with Crippen LogP contribution < -0.4 is 4.90 Å². The molecule has 2 aliphatic rings. The quantitative estimate of drug-likeness (QED) is 0.771. The molecule has 2 fully saturated rings. The first-order valence-electron chi connectivity index (χ1n) is 10.1. The minimum absolute atomic E-state index is 0.363. The van der Waals surface area contributed by atoms with Gasteiger partial charge in [0.15, 0.2) is 0 Å². The van der Waals surface area contributed by atoms with E-state index in [1.807, 2.05) is 26.1 Å². The van der Waals surface area contributed by atoms with Crippen LogP contribution in [0.4, 0.5) is 5.82 Å². The fourth-order valence-electron chi connectivity index (χ4n) is 3.84. The number of hydrogen-bond donors (Lipinski definition) is 0. The van der Waals surface area contributed by atoms with Gasteiger partial charge >= 0.3 is 0 Å². The monoisotopic (exact) mass is 347 g/mol. The van der Waals surface area contributed by atoms with Crippen molar-refractivity contribution in [1.82, 2.24) is 9.88 Å². The first-order valence-corrected chi connectivity index (χ1v) is 10.1. The van der Waals surface area contributed by atoms with Crippen LogP contribution in [0.3, 0.4) is 0 Å². The second kappa shape index (κ2) is 10.1. The minimum atomic E-state index is 0.363. The van der Waals surface area contributed by atoms with Gasteiger partial charge in [-0.2, -0.15) is 0 Å². The third kappa shape index (κ3) is 5.96. The Morgan fingerprint density at radius 1 is 1.20 bits per heavy atom. The van der Waals surface area contributed by atoms with Gasteiger partial charge in [-0.1, -0.05) is 19.9 Å². The molecule has 4 heteroatoms. The lowest BCUT2D eigenvalue weighted by Crippen LogP contribution is -2.49. The molecule has 1 aliphatic carbocycles. The normalized spacial score (nSPS) is 24.0. The van der Waals surface area contributed by atoms with E-state index in [4.69, 9.17) is 4.74 Å². The van der Waals surface area contributed by atoms with E-state index < -0.39 is 0 Å². The predicted octanol–water partition coefficient (Wildman–Crippen LogP) is 4.21. The van der Waals surface area contributed by atoms with Gasteiger partial charge in [-0.05, 0) is 64.6 Å². The standard InChI is InChI=1S/C19H31N3O.C2H6/c1-15(2)23-18-12-17(13-18)21(3)14-16-7-10-22(11-8-16)19-6-4-5-9-20-19;1-2/h4-6,9,15-18H,7-8,10-14H2,1-3H3;1-2H3. The Bertz CT molecular complexity index is 465. The molecule has 0 atom stereocenters. The van der Waals surface area contributed by atoms with Gasteiger partial charge in [0.2, 0.25) is 0 Å². The lowest BCUT2D eigenvalue weighted by molar-refractivity contribution is -0.0744. The summed E-state index contributed by atoms with van der Waals surface area (Å²) in [6.45, 7) is 11.8. The van der Waals surface area contributed by atoms with Crippen LogP contribution in [0.1, 0.15) is 53.4 Å². The van der Waals surface area contributed by atoms with Gasteiger partial charge in [-0.25, -0.2) is 4.98 Å². The molecule has 1 saturated heterocycles. The first-order chi connectivity index (χ1) is 12.1. The molecule has 1 aliphatic heterocycles. The Balaban J connectivity index is 0.00000109. The van der Waals surface area contributed by atoms with Crippen LogP contribution in [0.5, 0.6) is 0 Å². The molecule has 0 radical (unpaired) electrons. The van der Waals surface area contributed by atoms with E-state index in [-0.39, 0.29) is 0 Å². The highest BCUT2D eigenvalue weighted by Gasteiger charge is 2.34. The zero-order valence-corrected chi connectivity index (χ0v) is 16.8. The maximum absolute atomic E-state index is 5.88. The molecule has 3 rings (SSSR count). The minimum Gasteiger partial charge on any atom is -0.375 e. The van der Waals surface area contributed by atoms with Crippen LogP contribution >= 0.6 is 0 Å². The van der Waals surface area contributed by atoms with Gasteiger partial charge in [-0.15, -0.1) is 0 Å². The van der Waals surface area contributed by atoms with Gasteiger partial charge in [0.05, 0.1) is 12.2 Å². The molecule has 4 nitrogen and oxygen atoms in total. The Kier molecular flexibility index (Phi) is 8.17. The van der Waals surface area contributed by atoms with E-state index in [1.165, 1.54) is 32.2 Å². The fraction of sp³-hybridized carbons (Fsp3) is 0.762. The fourth-order valence-corrected chi connectivity index (χ4v) is 3.84. The number of hydrogen-bond acceptors (Lipinski definition) is 4. The van der Waals surface area contributed by atoms with Gasteiger partial charge < -0.3 is 14.5 Å². The highest BCUT2D eigenvalue weighted by atomic mass is 16.5. The van der Waals surface area contributed by atoms with Crippen molar-refractivity contribution >= 4 is 5.82 Å². The average Bonchev–Trinajstić information content (AvgIpc) is 2.60. The van der Waals surface area contributed by atoms with Crippen LogP contribution in [0, 0.1) is 5.92 Å². The van der Waals surface area contributed by atoms with Gasteiger partial charge in [0.25, 0.3) is 0 Å². The van der Waals surface area contributed by atoms with E-state index in [1.54, 1.807) is 0 Å². The lowest BCUT2D eigenvalue weighted by Gasteiger charge is -2.43. The lowest BCUT2D eigenvalue weighted by atomic mass is 9.86. The molecule has 25 heavy (non-hydrogen) atoms. The number of rotatable bonds is 6. The van der Waals surface area contributed by atoms with Gasteiger partial charge in [0, 0.05) is 31.9 Å². The molecule has 0 spiro atoms. The third-order valence-corrected chi connectivity index (χ3v) is 5.29.